The Balaban J connectivity index is 1.81. The van der Waals surface area contributed by atoms with Crippen LogP contribution in [0.4, 0.5) is 4.39 Å². The van der Waals surface area contributed by atoms with Gasteiger partial charge in [-0.1, -0.05) is 40.1 Å². The maximum absolute atomic E-state index is 14.3. The molecule has 1 saturated carbocycles. The van der Waals surface area contributed by atoms with Crippen LogP contribution >= 0.6 is 15.9 Å². The molecule has 0 aliphatic heterocycles. The van der Waals surface area contributed by atoms with Crippen molar-refractivity contribution >= 4 is 21.8 Å². The predicted molar refractivity (Wildman–Crippen MR) is 104 cm³/mol. The Morgan fingerprint density at radius 2 is 1.96 bits per heavy atom. The highest BCUT2D eigenvalue weighted by atomic mass is 79.9. The van der Waals surface area contributed by atoms with Gasteiger partial charge < -0.3 is 4.90 Å². The fourth-order valence-corrected chi connectivity index (χ4v) is 3.50. The van der Waals surface area contributed by atoms with Crippen LogP contribution in [-0.2, 0) is 17.9 Å². The molecule has 0 N–H and O–H groups in total. The molecule has 1 aromatic carbocycles. The molecule has 0 saturated heterocycles. The number of allylic oxidation sites excluding steroid dienone is 1. The van der Waals surface area contributed by atoms with E-state index in [9.17, 15) is 9.18 Å². The van der Waals surface area contributed by atoms with E-state index in [-0.39, 0.29) is 18.3 Å². The lowest BCUT2D eigenvalue weighted by Gasteiger charge is -2.23. The van der Waals surface area contributed by atoms with E-state index in [0.717, 1.165) is 31.4 Å². The first-order valence-electron chi connectivity index (χ1n) is 8.94. The van der Waals surface area contributed by atoms with E-state index in [1.165, 1.54) is 18.1 Å². The summed E-state index contributed by atoms with van der Waals surface area (Å²) in [5.41, 5.74) is 2.49. The van der Waals surface area contributed by atoms with Gasteiger partial charge in [-0.2, -0.15) is 0 Å². The van der Waals surface area contributed by atoms with Gasteiger partial charge in [-0.15, -0.1) is 0 Å². The first kappa shape index (κ1) is 18.8. The van der Waals surface area contributed by atoms with E-state index in [0.29, 0.717) is 16.6 Å². The molecular formula is C21H22BrFN2O. The van der Waals surface area contributed by atoms with Crippen LogP contribution in [0.3, 0.4) is 0 Å². The molecule has 0 spiro atoms. The van der Waals surface area contributed by atoms with Gasteiger partial charge in [0.2, 0.25) is 5.91 Å². The van der Waals surface area contributed by atoms with Crippen LogP contribution in [0.5, 0.6) is 0 Å². The first-order valence-corrected chi connectivity index (χ1v) is 9.73. The third-order valence-corrected chi connectivity index (χ3v) is 5.08. The zero-order valence-corrected chi connectivity index (χ0v) is 16.2. The van der Waals surface area contributed by atoms with Crippen LogP contribution in [-0.4, -0.2) is 15.8 Å². The Labute approximate surface area is 162 Å². The summed E-state index contributed by atoms with van der Waals surface area (Å²) in [5, 5.41) is 0. The fraction of sp³-hybridized carbons (Fsp3) is 0.333. The average Bonchev–Trinajstić information content (AvgIpc) is 2.65. The zero-order valence-electron chi connectivity index (χ0n) is 14.6. The zero-order chi connectivity index (χ0) is 18.4. The van der Waals surface area contributed by atoms with E-state index in [1.54, 1.807) is 29.3 Å². The Hall–Kier alpha value is -2.01. The molecule has 0 atom stereocenters. The molecule has 136 valence electrons. The molecule has 3 rings (SSSR count). The molecule has 0 bridgehead atoms. The van der Waals surface area contributed by atoms with E-state index < -0.39 is 0 Å². The van der Waals surface area contributed by atoms with Crippen molar-refractivity contribution in [2.24, 2.45) is 0 Å². The second-order valence-corrected chi connectivity index (χ2v) is 7.53. The highest BCUT2D eigenvalue weighted by molar-refractivity contribution is 9.10. The number of carbonyl (C=O) groups excluding carboxylic acids is 1. The Morgan fingerprint density at radius 3 is 2.65 bits per heavy atom. The third-order valence-electron chi connectivity index (χ3n) is 4.59. The summed E-state index contributed by atoms with van der Waals surface area (Å²) < 4.78 is 15.0. The van der Waals surface area contributed by atoms with Gasteiger partial charge in [0.1, 0.15) is 5.82 Å². The molecule has 1 fully saturated rings. The van der Waals surface area contributed by atoms with Crippen molar-refractivity contribution < 1.29 is 9.18 Å². The van der Waals surface area contributed by atoms with Gasteiger partial charge in [0.05, 0.1) is 12.2 Å². The summed E-state index contributed by atoms with van der Waals surface area (Å²) in [4.78, 5) is 18.9. The standard InChI is InChI=1S/C21H22BrFN2O/c22-18-10-9-17(20(23)13-18)14-25(15-19-8-4-5-11-24-19)21(26)12-16-6-2-1-3-7-16/h4-5,8-13H,1-3,6-7,14-15H2. The number of nitrogens with zero attached hydrogens (tertiary/aromatic N) is 2. The number of benzene rings is 1. The number of pyridine rings is 1. The van der Waals surface area contributed by atoms with Crippen LogP contribution in [0.25, 0.3) is 0 Å². The number of carbonyl (C=O) groups is 1. The quantitative estimate of drug-likeness (QED) is 0.611. The molecule has 2 aromatic rings. The molecule has 0 unspecified atom stereocenters. The molecule has 1 heterocycles. The van der Waals surface area contributed by atoms with Crippen molar-refractivity contribution in [1.29, 1.82) is 0 Å². The van der Waals surface area contributed by atoms with E-state index in [4.69, 9.17) is 0 Å². The lowest BCUT2D eigenvalue weighted by Crippen LogP contribution is -2.29. The smallest absolute Gasteiger partial charge is 0.247 e. The highest BCUT2D eigenvalue weighted by Crippen LogP contribution is 2.24. The van der Waals surface area contributed by atoms with Crippen molar-refractivity contribution in [3.8, 4) is 0 Å². The number of hydrogen-bond donors (Lipinski definition) is 0. The van der Waals surface area contributed by atoms with Gasteiger partial charge in [0.25, 0.3) is 0 Å². The van der Waals surface area contributed by atoms with Crippen LogP contribution in [0.1, 0.15) is 43.4 Å². The van der Waals surface area contributed by atoms with E-state index >= 15 is 0 Å². The van der Waals surface area contributed by atoms with Gasteiger partial charge in [0, 0.05) is 28.9 Å². The van der Waals surface area contributed by atoms with Gasteiger partial charge in [-0.05, 0) is 49.9 Å². The van der Waals surface area contributed by atoms with Gasteiger partial charge >= 0.3 is 0 Å². The maximum Gasteiger partial charge on any atom is 0.247 e. The van der Waals surface area contributed by atoms with Crippen molar-refractivity contribution in [2.45, 2.75) is 45.2 Å². The minimum absolute atomic E-state index is 0.0742. The fourth-order valence-electron chi connectivity index (χ4n) is 3.17. The van der Waals surface area contributed by atoms with Crippen molar-refractivity contribution in [3.05, 3.63) is 75.8 Å². The van der Waals surface area contributed by atoms with E-state index in [2.05, 4.69) is 20.9 Å². The predicted octanol–water partition coefficient (Wildman–Crippen LogP) is 5.40. The third kappa shape index (κ3) is 5.24. The minimum Gasteiger partial charge on any atom is -0.329 e. The minimum atomic E-state index is -0.316. The lowest BCUT2D eigenvalue weighted by molar-refractivity contribution is -0.127. The summed E-state index contributed by atoms with van der Waals surface area (Å²) in [6.07, 6.45) is 8.93. The number of amides is 1. The van der Waals surface area contributed by atoms with Crippen molar-refractivity contribution in [3.63, 3.8) is 0 Å². The number of halogens is 2. The Bertz CT molecular complexity index is 784. The van der Waals surface area contributed by atoms with Gasteiger partial charge in [0.15, 0.2) is 0 Å². The molecule has 0 radical (unpaired) electrons. The summed E-state index contributed by atoms with van der Waals surface area (Å²) in [6, 6.07) is 10.6. The summed E-state index contributed by atoms with van der Waals surface area (Å²) in [5.74, 6) is -0.390. The maximum atomic E-state index is 14.3. The van der Waals surface area contributed by atoms with Crippen LogP contribution in [0.2, 0.25) is 0 Å². The SMILES string of the molecule is O=C(C=C1CCCCC1)N(Cc1ccccn1)Cc1ccc(Br)cc1F. The molecule has 1 aliphatic rings. The molecule has 1 aromatic heterocycles. The average molecular weight is 417 g/mol. The highest BCUT2D eigenvalue weighted by Gasteiger charge is 2.17. The van der Waals surface area contributed by atoms with Crippen molar-refractivity contribution in [1.82, 2.24) is 9.88 Å². The largest absolute Gasteiger partial charge is 0.329 e. The van der Waals surface area contributed by atoms with Crippen LogP contribution in [0, 0.1) is 5.82 Å². The monoisotopic (exact) mass is 416 g/mol. The summed E-state index contributed by atoms with van der Waals surface area (Å²) in [6.45, 7) is 0.581. The second kappa shape index (κ2) is 9.08. The second-order valence-electron chi connectivity index (χ2n) is 6.61. The Kier molecular flexibility index (Phi) is 6.56. The molecule has 3 nitrogen and oxygen atoms in total. The molecule has 5 heteroatoms. The van der Waals surface area contributed by atoms with Crippen LogP contribution < -0.4 is 0 Å². The van der Waals surface area contributed by atoms with E-state index in [1.807, 2.05) is 18.2 Å². The van der Waals surface area contributed by atoms with Gasteiger partial charge in [-0.25, -0.2) is 4.39 Å². The number of hydrogen-bond acceptors (Lipinski definition) is 2. The van der Waals surface area contributed by atoms with Crippen LogP contribution in [0.15, 0.2) is 58.7 Å². The van der Waals surface area contributed by atoms with Crippen molar-refractivity contribution in [2.75, 3.05) is 0 Å². The Morgan fingerprint density at radius 1 is 1.15 bits per heavy atom. The molecule has 26 heavy (non-hydrogen) atoms. The van der Waals surface area contributed by atoms with Gasteiger partial charge in [-0.3, -0.25) is 9.78 Å². The number of rotatable bonds is 5. The lowest BCUT2D eigenvalue weighted by atomic mass is 9.94. The molecular weight excluding hydrogens is 395 g/mol. The number of aromatic nitrogens is 1. The normalized spacial score (nSPS) is 14.2. The topological polar surface area (TPSA) is 33.2 Å². The summed E-state index contributed by atoms with van der Waals surface area (Å²) >= 11 is 3.27. The summed E-state index contributed by atoms with van der Waals surface area (Å²) in [7, 11) is 0. The first-order chi connectivity index (χ1) is 12.6. The molecule has 1 amide bonds. The molecule has 1 aliphatic carbocycles.